The Morgan fingerprint density at radius 3 is 2.78 bits per heavy atom. The zero-order valence-electron chi connectivity index (χ0n) is 10.2. The van der Waals surface area contributed by atoms with E-state index in [9.17, 15) is 0 Å². The van der Waals surface area contributed by atoms with E-state index in [4.69, 9.17) is 16.3 Å². The van der Waals surface area contributed by atoms with Crippen molar-refractivity contribution in [2.24, 2.45) is 0 Å². The molecule has 2 aromatic carbocycles. The van der Waals surface area contributed by atoms with E-state index in [0.29, 0.717) is 0 Å². The largest absolute Gasteiger partial charge is 0.485 e. The van der Waals surface area contributed by atoms with Gasteiger partial charge in [0.1, 0.15) is 12.4 Å². The van der Waals surface area contributed by atoms with E-state index < -0.39 is 0 Å². The molecule has 1 aliphatic heterocycles. The average molecular weight is 258 g/mol. The third-order valence-electron chi connectivity index (χ3n) is 3.30. The van der Waals surface area contributed by atoms with Crippen molar-refractivity contribution < 1.29 is 4.74 Å². The molecule has 0 aliphatic carbocycles. The van der Waals surface area contributed by atoms with Gasteiger partial charge in [-0.15, -0.1) is 0 Å². The molecule has 18 heavy (non-hydrogen) atoms. The molecule has 0 bridgehead atoms. The molecule has 0 unspecified atom stereocenters. The summed E-state index contributed by atoms with van der Waals surface area (Å²) in [6.45, 7) is 4.02. The fourth-order valence-electron chi connectivity index (χ4n) is 2.34. The lowest BCUT2D eigenvalue weighted by Gasteiger charge is -2.11. The Hall–Kier alpha value is -1.47. The van der Waals surface area contributed by atoms with Gasteiger partial charge in [0.05, 0.1) is 0 Å². The van der Waals surface area contributed by atoms with Gasteiger partial charge in [-0.2, -0.15) is 0 Å². The molecular weight excluding hydrogens is 244 g/mol. The lowest BCUT2D eigenvalue weighted by atomic mass is 9.97. The minimum Gasteiger partial charge on any atom is -0.485 e. The zero-order chi connectivity index (χ0) is 12.5. The number of rotatable bonds is 2. The molecule has 0 aromatic heterocycles. The maximum Gasteiger partial charge on any atom is 0.140 e. The van der Waals surface area contributed by atoms with Crippen molar-refractivity contribution in [3.8, 4) is 16.9 Å². The number of benzene rings is 2. The van der Waals surface area contributed by atoms with Crippen LogP contribution >= 0.6 is 11.6 Å². The monoisotopic (exact) mass is 257 g/mol. The minimum atomic E-state index is 0.767. The summed E-state index contributed by atoms with van der Waals surface area (Å²) in [5, 5.41) is 0.767. The highest BCUT2D eigenvalue weighted by molar-refractivity contribution is 6.33. The summed E-state index contributed by atoms with van der Waals surface area (Å²) in [6, 6.07) is 12.3. The fraction of sp³-hybridized carbons (Fsp3) is 0.188. The smallest absolute Gasteiger partial charge is 0.140 e. The van der Waals surface area contributed by atoms with Crippen LogP contribution in [0.3, 0.4) is 0 Å². The van der Waals surface area contributed by atoms with E-state index >= 15 is 0 Å². The molecule has 1 radical (unpaired) electrons. The highest BCUT2D eigenvalue weighted by Gasteiger charge is 2.20. The quantitative estimate of drug-likeness (QED) is 0.760. The number of halogens is 1. The Labute approximate surface area is 112 Å². The topological polar surface area (TPSA) is 9.23 Å². The second-order valence-corrected chi connectivity index (χ2v) is 4.86. The van der Waals surface area contributed by atoms with E-state index in [0.717, 1.165) is 34.7 Å². The molecule has 0 N–H and O–H groups in total. The van der Waals surface area contributed by atoms with Crippen LogP contribution < -0.4 is 4.74 Å². The summed E-state index contributed by atoms with van der Waals surface area (Å²) in [5.41, 5.74) is 4.72. The lowest BCUT2D eigenvalue weighted by Crippen LogP contribution is -1.90. The molecule has 2 aromatic rings. The van der Waals surface area contributed by atoms with Gasteiger partial charge in [0.2, 0.25) is 0 Å². The standard InChI is InChI=1S/C16H14ClO/c1-2-11-9-12-7-8-18-16(12)14(10-11)13-5-3-4-6-15(13)17/h3-6,8-10H,2,7H2,1H3. The van der Waals surface area contributed by atoms with Crippen LogP contribution in [0.15, 0.2) is 36.4 Å². The number of fused-ring (bicyclic) bond motifs is 1. The second kappa shape index (κ2) is 4.66. The van der Waals surface area contributed by atoms with Crippen molar-refractivity contribution in [1.29, 1.82) is 0 Å². The first kappa shape index (κ1) is 11.6. The summed E-state index contributed by atoms with van der Waals surface area (Å²) in [4.78, 5) is 0. The van der Waals surface area contributed by atoms with Gasteiger partial charge in [-0.1, -0.05) is 42.8 Å². The molecule has 0 spiro atoms. The number of hydrogen-bond donors (Lipinski definition) is 0. The molecule has 1 nitrogen and oxygen atoms in total. The molecule has 0 atom stereocenters. The van der Waals surface area contributed by atoms with Crippen molar-refractivity contribution >= 4 is 11.6 Å². The first-order valence-electron chi connectivity index (χ1n) is 6.18. The van der Waals surface area contributed by atoms with E-state index in [-0.39, 0.29) is 0 Å². The van der Waals surface area contributed by atoms with E-state index in [2.05, 4.69) is 19.1 Å². The van der Waals surface area contributed by atoms with Crippen LogP contribution in [-0.4, -0.2) is 0 Å². The van der Waals surface area contributed by atoms with Gasteiger partial charge in [0, 0.05) is 22.6 Å². The van der Waals surface area contributed by atoms with Gasteiger partial charge < -0.3 is 4.74 Å². The molecule has 91 valence electrons. The maximum atomic E-state index is 6.29. The van der Waals surface area contributed by atoms with Gasteiger partial charge in [-0.25, -0.2) is 0 Å². The second-order valence-electron chi connectivity index (χ2n) is 4.45. The summed E-state index contributed by atoms with van der Waals surface area (Å²) in [7, 11) is 0. The SMILES string of the molecule is CCc1cc2c(c(-c3ccccc3Cl)c1)O[CH]C2. The third-order valence-corrected chi connectivity index (χ3v) is 3.63. The van der Waals surface area contributed by atoms with Crippen LogP contribution in [0.5, 0.6) is 5.75 Å². The van der Waals surface area contributed by atoms with Crippen LogP contribution in [0.4, 0.5) is 0 Å². The molecule has 1 aliphatic rings. The Bertz CT molecular complexity index is 590. The highest BCUT2D eigenvalue weighted by atomic mass is 35.5. The van der Waals surface area contributed by atoms with Crippen LogP contribution in [0, 0.1) is 6.61 Å². The Morgan fingerprint density at radius 2 is 2.00 bits per heavy atom. The van der Waals surface area contributed by atoms with Crippen molar-refractivity contribution in [2.75, 3.05) is 0 Å². The van der Waals surface area contributed by atoms with Crippen LogP contribution in [0.25, 0.3) is 11.1 Å². The van der Waals surface area contributed by atoms with E-state index in [1.54, 1.807) is 0 Å². The molecule has 0 saturated heterocycles. The summed E-state index contributed by atoms with van der Waals surface area (Å²) in [5.74, 6) is 0.959. The Balaban J connectivity index is 2.23. The van der Waals surface area contributed by atoms with Gasteiger partial charge in [0.15, 0.2) is 0 Å². The molecule has 2 heteroatoms. The summed E-state index contributed by atoms with van der Waals surface area (Å²) < 4.78 is 5.65. The Morgan fingerprint density at radius 1 is 1.17 bits per heavy atom. The van der Waals surface area contributed by atoms with Crippen LogP contribution in [0.1, 0.15) is 18.1 Å². The number of ether oxygens (including phenoxy) is 1. The lowest BCUT2D eigenvalue weighted by molar-refractivity contribution is 0.436. The van der Waals surface area contributed by atoms with Gasteiger partial charge >= 0.3 is 0 Å². The van der Waals surface area contributed by atoms with E-state index in [1.165, 1.54) is 11.1 Å². The van der Waals surface area contributed by atoms with Gasteiger partial charge in [-0.3, -0.25) is 0 Å². The van der Waals surface area contributed by atoms with E-state index in [1.807, 2.05) is 30.9 Å². The molecular formula is C16H14ClO. The molecule has 0 amide bonds. The van der Waals surface area contributed by atoms with Crippen molar-refractivity contribution in [3.63, 3.8) is 0 Å². The van der Waals surface area contributed by atoms with Crippen LogP contribution in [-0.2, 0) is 12.8 Å². The van der Waals surface area contributed by atoms with Gasteiger partial charge in [-0.05, 0) is 29.7 Å². The Kier molecular flexibility index (Phi) is 3.00. The van der Waals surface area contributed by atoms with Crippen molar-refractivity contribution in [1.82, 2.24) is 0 Å². The predicted molar refractivity (Wildman–Crippen MR) is 74.9 cm³/mol. The molecule has 1 heterocycles. The maximum absolute atomic E-state index is 6.29. The number of hydrogen-bond acceptors (Lipinski definition) is 1. The summed E-state index contributed by atoms with van der Waals surface area (Å²) in [6.07, 6.45) is 1.89. The summed E-state index contributed by atoms with van der Waals surface area (Å²) >= 11 is 6.29. The third kappa shape index (κ3) is 1.89. The molecule has 3 rings (SSSR count). The molecule has 0 saturated carbocycles. The van der Waals surface area contributed by atoms with Crippen molar-refractivity contribution in [3.05, 3.63) is 59.2 Å². The predicted octanol–water partition coefficient (Wildman–Crippen LogP) is 4.67. The van der Waals surface area contributed by atoms with Gasteiger partial charge in [0.25, 0.3) is 0 Å². The minimum absolute atomic E-state index is 0.767. The van der Waals surface area contributed by atoms with Crippen LogP contribution in [0.2, 0.25) is 5.02 Å². The average Bonchev–Trinajstić information content (AvgIpc) is 2.86. The molecule has 0 fully saturated rings. The first-order chi connectivity index (χ1) is 8.79. The zero-order valence-corrected chi connectivity index (χ0v) is 11.0. The normalized spacial score (nSPS) is 13.2. The van der Waals surface area contributed by atoms with Crippen molar-refractivity contribution in [2.45, 2.75) is 19.8 Å². The number of aryl methyl sites for hydroxylation is 1. The highest BCUT2D eigenvalue weighted by Crippen LogP contribution is 2.41. The fourth-order valence-corrected chi connectivity index (χ4v) is 2.58. The first-order valence-corrected chi connectivity index (χ1v) is 6.56.